The van der Waals surface area contributed by atoms with Crippen molar-refractivity contribution in [1.29, 1.82) is 0 Å². The van der Waals surface area contributed by atoms with Gasteiger partial charge < -0.3 is 5.32 Å². The Morgan fingerprint density at radius 3 is 2.42 bits per heavy atom. The summed E-state index contributed by atoms with van der Waals surface area (Å²) in [5.41, 5.74) is 2.69. The number of benzene rings is 2. The highest BCUT2D eigenvalue weighted by molar-refractivity contribution is 9.11. The number of nitrogens with one attached hydrogen (secondary N) is 1. The lowest BCUT2D eigenvalue weighted by Gasteiger charge is -2.18. The van der Waals surface area contributed by atoms with Crippen LogP contribution < -0.4 is 5.32 Å². The topological polar surface area (TPSA) is 12.0 Å². The molecule has 0 spiro atoms. The van der Waals surface area contributed by atoms with Crippen molar-refractivity contribution in [2.24, 2.45) is 0 Å². The van der Waals surface area contributed by atoms with E-state index in [9.17, 15) is 0 Å². The van der Waals surface area contributed by atoms with E-state index in [-0.39, 0.29) is 0 Å². The predicted octanol–water partition coefficient (Wildman–Crippen LogP) is 5.10. The molecule has 2 aromatic rings. The van der Waals surface area contributed by atoms with Gasteiger partial charge >= 0.3 is 0 Å². The third-order valence-electron chi connectivity index (χ3n) is 3.25. The van der Waals surface area contributed by atoms with Crippen LogP contribution in [-0.4, -0.2) is 7.05 Å². The van der Waals surface area contributed by atoms with E-state index in [1.165, 1.54) is 11.1 Å². The fourth-order valence-electron chi connectivity index (χ4n) is 2.20. The van der Waals surface area contributed by atoms with E-state index in [2.05, 4.69) is 85.7 Å². The lowest BCUT2D eigenvalue weighted by atomic mass is 9.99. The fourth-order valence-corrected chi connectivity index (χ4v) is 3.52. The Bertz CT molecular complexity index is 526. The maximum absolute atomic E-state index is 3.64. The van der Waals surface area contributed by atoms with E-state index < -0.39 is 0 Å². The molecule has 1 N–H and O–H groups in total. The molecule has 0 amide bonds. The number of rotatable bonds is 5. The molecular formula is C16H17Br2N. The lowest BCUT2D eigenvalue weighted by molar-refractivity contribution is 0.547. The van der Waals surface area contributed by atoms with Gasteiger partial charge in [-0.3, -0.25) is 0 Å². The number of halogens is 2. The summed E-state index contributed by atoms with van der Waals surface area (Å²) in [7, 11) is 2.02. The molecule has 3 heteroatoms. The normalized spacial score (nSPS) is 12.4. The first-order valence-electron chi connectivity index (χ1n) is 6.37. The summed E-state index contributed by atoms with van der Waals surface area (Å²) < 4.78 is 2.25. The van der Waals surface area contributed by atoms with Crippen LogP contribution in [0.1, 0.15) is 23.6 Å². The average Bonchev–Trinajstić information content (AvgIpc) is 2.42. The lowest BCUT2D eigenvalue weighted by Crippen LogP contribution is -2.17. The van der Waals surface area contributed by atoms with Crippen molar-refractivity contribution in [2.45, 2.75) is 18.9 Å². The molecule has 100 valence electrons. The summed E-state index contributed by atoms with van der Waals surface area (Å²) in [5.74, 6) is 0. The minimum absolute atomic E-state index is 0.364. The SMILES string of the molecule is CNC(CCc1ccccc1)c1ccc(Br)cc1Br. The molecule has 0 heterocycles. The van der Waals surface area contributed by atoms with E-state index >= 15 is 0 Å². The van der Waals surface area contributed by atoms with Crippen LogP contribution in [0.4, 0.5) is 0 Å². The van der Waals surface area contributed by atoms with Crippen LogP contribution in [0.25, 0.3) is 0 Å². The fraction of sp³-hybridized carbons (Fsp3) is 0.250. The summed E-state index contributed by atoms with van der Waals surface area (Å²) >= 11 is 7.14. The standard InChI is InChI=1S/C16H17Br2N/c1-19-16(10-7-12-5-3-2-4-6-12)14-9-8-13(17)11-15(14)18/h2-6,8-9,11,16,19H,7,10H2,1H3. The third kappa shape index (κ3) is 4.16. The van der Waals surface area contributed by atoms with E-state index in [4.69, 9.17) is 0 Å². The Balaban J connectivity index is 2.08. The van der Waals surface area contributed by atoms with Crippen LogP contribution in [-0.2, 0) is 6.42 Å². The van der Waals surface area contributed by atoms with Crippen LogP contribution >= 0.6 is 31.9 Å². The maximum Gasteiger partial charge on any atom is 0.0331 e. The van der Waals surface area contributed by atoms with Crippen molar-refractivity contribution < 1.29 is 0 Å². The predicted molar refractivity (Wildman–Crippen MR) is 88.4 cm³/mol. The van der Waals surface area contributed by atoms with E-state index in [1.54, 1.807) is 0 Å². The van der Waals surface area contributed by atoms with Crippen molar-refractivity contribution in [1.82, 2.24) is 5.32 Å². The van der Waals surface area contributed by atoms with Gasteiger partial charge in [-0.2, -0.15) is 0 Å². The molecule has 0 aromatic heterocycles. The smallest absolute Gasteiger partial charge is 0.0331 e. The van der Waals surface area contributed by atoms with Gasteiger partial charge in [-0.15, -0.1) is 0 Å². The van der Waals surface area contributed by atoms with Gasteiger partial charge in [0, 0.05) is 15.0 Å². The van der Waals surface area contributed by atoms with Crippen molar-refractivity contribution >= 4 is 31.9 Å². The van der Waals surface area contributed by atoms with Crippen LogP contribution in [0.3, 0.4) is 0 Å². The molecule has 0 saturated carbocycles. The van der Waals surface area contributed by atoms with Gasteiger partial charge in [-0.1, -0.05) is 68.3 Å². The molecule has 2 rings (SSSR count). The second-order valence-electron chi connectivity index (χ2n) is 4.53. The van der Waals surface area contributed by atoms with Crippen molar-refractivity contribution in [3.8, 4) is 0 Å². The van der Waals surface area contributed by atoms with E-state index in [1.807, 2.05) is 7.05 Å². The zero-order valence-electron chi connectivity index (χ0n) is 10.9. The third-order valence-corrected chi connectivity index (χ3v) is 4.43. The van der Waals surface area contributed by atoms with E-state index in [0.717, 1.165) is 21.8 Å². The minimum atomic E-state index is 0.364. The first-order chi connectivity index (χ1) is 9.20. The van der Waals surface area contributed by atoms with Gasteiger partial charge in [0.25, 0.3) is 0 Å². The molecular weight excluding hydrogens is 366 g/mol. The van der Waals surface area contributed by atoms with Crippen LogP contribution in [0, 0.1) is 0 Å². The molecule has 0 aliphatic rings. The zero-order valence-corrected chi connectivity index (χ0v) is 14.0. The molecule has 0 aliphatic heterocycles. The summed E-state index contributed by atoms with van der Waals surface area (Å²) in [5, 5.41) is 3.40. The molecule has 1 nitrogen and oxygen atoms in total. The second kappa shape index (κ2) is 7.22. The summed E-state index contributed by atoms with van der Waals surface area (Å²) in [4.78, 5) is 0. The molecule has 19 heavy (non-hydrogen) atoms. The van der Waals surface area contributed by atoms with Crippen molar-refractivity contribution in [3.63, 3.8) is 0 Å². The Labute approximate surface area is 131 Å². The van der Waals surface area contributed by atoms with Gasteiger partial charge in [0.1, 0.15) is 0 Å². The van der Waals surface area contributed by atoms with Crippen LogP contribution in [0.15, 0.2) is 57.5 Å². The highest BCUT2D eigenvalue weighted by Crippen LogP contribution is 2.29. The molecule has 0 aliphatic carbocycles. The Morgan fingerprint density at radius 2 is 1.79 bits per heavy atom. The summed E-state index contributed by atoms with van der Waals surface area (Å²) in [6.07, 6.45) is 2.16. The van der Waals surface area contributed by atoms with Crippen molar-refractivity contribution in [3.05, 3.63) is 68.6 Å². The highest BCUT2D eigenvalue weighted by Gasteiger charge is 2.12. The monoisotopic (exact) mass is 381 g/mol. The Hall–Kier alpha value is -0.640. The second-order valence-corrected chi connectivity index (χ2v) is 6.30. The van der Waals surface area contributed by atoms with Gasteiger partial charge in [-0.05, 0) is 43.1 Å². The molecule has 0 bridgehead atoms. The van der Waals surface area contributed by atoms with Gasteiger partial charge in [-0.25, -0.2) is 0 Å². The Morgan fingerprint density at radius 1 is 1.05 bits per heavy atom. The van der Waals surface area contributed by atoms with E-state index in [0.29, 0.717) is 6.04 Å². The number of hydrogen-bond acceptors (Lipinski definition) is 1. The van der Waals surface area contributed by atoms with Crippen molar-refractivity contribution in [2.75, 3.05) is 7.05 Å². The maximum atomic E-state index is 3.64. The average molecular weight is 383 g/mol. The van der Waals surface area contributed by atoms with Crippen LogP contribution in [0.5, 0.6) is 0 Å². The Kier molecular flexibility index (Phi) is 5.61. The summed E-state index contributed by atoms with van der Waals surface area (Å²) in [6.45, 7) is 0. The zero-order chi connectivity index (χ0) is 13.7. The number of hydrogen-bond donors (Lipinski definition) is 1. The minimum Gasteiger partial charge on any atom is -0.313 e. The largest absolute Gasteiger partial charge is 0.313 e. The van der Waals surface area contributed by atoms with Gasteiger partial charge in [0.05, 0.1) is 0 Å². The van der Waals surface area contributed by atoms with Gasteiger partial charge in [0.2, 0.25) is 0 Å². The quantitative estimate of drug-likeness (QED) is 0.757. The first kappa shape index (κ1) is 14.8. The first-order valence-corrected chi connectivity index (χ1v) is 7.95. The summed E-state index contributed by atoms with van der Waals surface area (Å²) in [6, 6.07) is 17.3. The van der Waals surface area contributed by atoms with Crippen LogP contribution in [0.2, 0.25) is 0 Å². The molecule has 2 aromatic carbocycles. The molecule has 0 saturated heterocycles. The molecule has 1 unspecified atom stereocenters. The highest BCUT2D eigenvalue weighted by atomic mass is 79.9. The molecule has 0 radical (unpaired) electrons. The molecule has 1 atom stereocenters. The molecule has 0 fully saturated rings. The van der Waals surface area contributed by atoms with Gasteiger partial charge in [0.15, 0.2) is 0 Å². The number of aryl methyl sites for hydroxylation is 1.